The number of nitrogens with one attached hydrogen (secondary N) is 1. The van der Waals surface area contributed by atoms with Crippen molar-refractivity contribution in [3.63, 3.8) is 0 Å². The molecular formula is C9H18N2O. The fourth-order valence-electron chi connectivity index (χ4n) is 1.83. The quantitative estimate of drug-likeness (QED) is 0.655. The van der Waals surface area contributed by atoms with Crippen molar-refractivity contribution in [2.45, 2.75) is 44.6 Å². The highest BCUT2D eigenvalue weighted by atomic mass is 16.1. The van der Waals surface area contributed by atoms with E-state index in [9.17, 15) is 4.79 Å². The molecule has 12 heavy (non-hydrogen) atoms. The van der Waals surface area contributed by atoms with Crippen molar-refractivity contribution in [3.8, 4) is 0 Å². The van der Waals surface area contributed by atoms with Gasteiger partial charge in [-0.25, -0.2) is 0 Å². The Bertz CT molecular complexity index is 162. The Labute approximate surface area is 73.7 Å². The summed E-state index contributed by atoms with van der Waals surface area (Å²) < 4.78 is 0. The van der Waals surface area contributed by atoms with Gasteiger partial charge in [0.25, 0.3) is 0 Å². The number of hydrogen-bond donors (Lipinski definition) is 2. The molecular weight excluding hydrogens is 152 g/mol. The molecule has 1 saturated heterocycles. The zero-order valence-corrected chi connectivity index (χ0v) is 7.73. The number of amides is 1. The van der Waals surface area contributed by atoms with Crippen LogP contribution in [0.2, 0.25) is 0 Å². The maximum Gasteiger partial charge on any atom is 0.237 e. The SMILES string of the molecule is CCCC[C@@]1(C(N)=O)CCCN1. The molecule has 70 valence electrons. The van der Waals surface area contributed by atoms with Gasteiger partial charge in [0.15, 0.2) is 0 Å². The average molecular weight is 170 g/mol. The van der Waals surface area contributed by atoms with Crippen LogP contribution in [0.5, 0.6) is 0 Å². The van der Waals surface area contributed by atoms with E-state index in [2.05, 4.69) is 12.2 Å². The van der Waals surface area contributed by atoms with Crippen LogP contribution in [-0.2, 0) is 4.79 Å². The van der Waals surface area contributed by atoms with Crippen molar-refractivity contribution >= 4 is 5.91 Å². The Morgan fingerprint density at radius 2 is 2.42 bits per heavy atom. The van der Waals surface area contributed by atoms with Crippen LogP contribution in [0, 0.1) is 0 Å². The Kier molecular flexibility index (Phi) is 3.09. The molecule has 3 heteroatoms. The van der Waals surface area contributed by atoms with Crippen LogP contribution in [0.1, 0.15) is 39.0 Å². The first-order valence-corrected chi connectivity index (χ1v) is 4.76. The van der Waals surface area contributed by atoms with Crippen LogP contribution in [-0.4, -0.2) is 18.0 Å². The molecule has 1 amide bonds. The lowest BCUT2D eigenvalue weighted by molar-refractivity contribution is -0.124. The smallest absolute Gasteiger partial charge is 0.237 e. The van der Waals surface area contributed by atoms with Gasteiger partial charge in [0.1, 0.15) is 0 Å². The van der Waals surface area contributed by atoms with Crippen molar-refractivity contribution in [1.29, 1.82) is 0 Å². The van der Waals surface area contributed by atoms with E-state index in [4.69, 9.17) is 5.73 Å². The third kappa shape index (κ3) is 1.78. The maximum absolute atomic E-state index is 11.2. The molecule has 0 bridgehead atoms. The molecule has 1 atom stereocenters. The summed E-state index contributed by atoms with van der Waals surface area (Å²) in [6, 6.07) is 0. The maximum atomic E-state index is 11.2. The second-order valence-corrected chi connectivity index (χ2v) is 3.58. The Morgan fingerprint density at radius 1 is 1.67 bits per heavy atom. The fourth-order valence-corrected chi connectivity index (χ4v) is 1.83. The van der Waals surface area contributed by atoms with Gasteiger partial charge in [0.2, 0.25) is 5.91 Å². The highest BCUT2D eigenvalue weighted by Crippen LogP contribution is 2.24. The van der Waals surface area contributed by atoms with Crippen LogP contribution in [0.25, 0.3) is 0 Å². The molecule has 0 aliphatic carbocycles. The third-order valence-electron chi connectivity index (χ3n) is 2.67. The predicted octanol–water partition coefficient (Wildman–Crippen LogP) is 0.784. The monoisotopic (exact) mass is 170 g/mol. The molecule has 1 rings (SSSR count). The number of carbonyl (C=O) groups excluding carboxylic acids is 1. The zero-order valence-electron chi connectivity index (χ0n) is 7.73. The molecule has 0 aromatic carbocycles. The van der Waals surface area contributed by atoms with Crippen molar-refractivity contribution in [2.75, 3.05) is 6.54 Å². The second-order valence-electron chi connectivity index (χ2n) is 3.58. The molecule has 3 N–H and O–H groups in total. The minimum Gasteiger partial charge on any atom is -0.368 e. The van der Waals surface area contributed by atoms with Crippen molar-refractivity contribution in [3.05, 3.63) is 0 Å². The molecule has 0 saturated carbocycles. The van der Waals surface area contributed by atoms with E-state index in [0.29, 0.717) is 0 Å². The van der Waals surface area contributed by atoms with E-state index in [0.717, 1.165) is 38.6 Å². The van der Waals surface area contributed by atoms with Crippen LogP contribution in [0.15, 0.2) is 0 Å². The molecule has 0 aromatic heterocycles. The highest BCUT2D eigenvalue weighted by molar-refractivity contribution is 5.84. The lowest BCUT2D eigenvalue weighted by Crippen LogP contribution is -2.51. The third-order valence-corrected chi connectivity index (χ3v) is 2.67. The zero-order chi connectivity index (χ0) is 9.03. The van der Waals surface area contributed by atoms with Gasteiger partial charge in [-0.3, -0.25) is 4.79 Å². The Morgan fingerprint density at radius 3 is 2.83 bits per heavy atom. The average Bonchev–Trinajstić information content (AvgIpc) is 2.50. The van der Waals surface area contributed by atoms with Gasteiger partial charge >= 0.3 is 0 Å². The van der Waals surface area contributed by atoms with Crippen LogP contribution < -0.4 is 11.1 Å². The van der Waals surface area contributed by atoms with Crippen LogP contribution in [0.3, 0.4) is 0 Å². The number of unbranched alkanes of at least 4 members (excludes halogenated alkanes) is 1. The topological polar surface area (TPSA) is 55.1 Å². The molecule has 1 aliphatic rings. The van der Waals surface area contributed by atoms with Gasteiger partial charge in [-0.05, 0) is 25.8 Å². The normalized spacial score (nSPS) is 29.1. The van der Waals surface area contributed by atoms with Crippen molar-refractivity contribution in [1.82, 2.24) is 5.32 Å². The number of carbonyl (C=O) groups is 1. The summed E-state index contributed by atoms with van der Waals surface area (Å²) in [5.74, 6) is -0.173. The summed E-state index contributed by atoms with van der Waals surface area (Å²) in [6.45, 7) is 3.07. The molecule has 3 nitrogen and oxygen atoms in total. The Balaban J connectivity index is 2.53. The summed E-state index contributed by atoms with van der Waals surface area (Å²) in [4.78, 5) is 11.2. The van der Waals surface area contributed by atoms with E-state index in [1.807, 2.05) is 0 Å². The minimum absolute atomic E-state index is 0.173. The summed E-state index contributed by atoms with van der Waals surface area (Å²) in [5.41, 5.74) is 5.01. The molecule has 0 radical (unpaired) electrons. The van der Waals surface area contributed by atoms with E-state index >= 15 is 0 Å². The van der Waals surface area contributed by atoms with Gasteiger partial charge in [0.05, 0.1) is 5.54 Å². The Hall–Kier alpha value is -0.570. The van der Waals surface area contributed by atoms with Gasteiger partial charge < -0.3 is 11.1 Å². The second kappa shape index (κ2) is 3.90. The van der Waals surface area contributed by atoms with Crippen molar-refractivity contribution in [2.24, 2.45) is 5.73 Å². The molecule has 0 spiro atoms. The molecule has 1 fully saturated rings. The van der Waals surface area contributed by atoms with E-state index in [-0.39, 0.29) is 11.4 Å². The number of hydrogen-bond acceptors (Lipinski definition) is 2. The number of rotatable bonds is 4. The van der Waals surface area contributed by atoms with Gasteiger partial charge in [0, 0.05) is 0 Å². The first-order valence-electron chi connectivity index (χ1n) is 4.76. The van der Waals surface area contributed by atoms with Crippen LogP contribution >= 0.6 is 0 Å². The number of primary amides is 1. The fraction of sp³-hybridized carbons (Fsp3) is 0.889. The lowest BCUT2D eigenvalue weighted by atomic mass is 9.90. The van der Waals surface area contributed by atoms with E-state index < -0.39 is 0 Å². The summed E-state index contributed by atoms with van der Waals surface area (Å²) in [7, 11) is 0. The minimum atomic E-state index is -0.365. The largest absolute Gasteiger partial charge is 0.368 e. The van der Waals surface area contributed by atoms with Gasteiger partial charge in [-0.2, -0.15) is 0 Å². The van der Waals surface area contributed by atoms with Crippen LogP contribution in [0.4, 0.5) is 0 Å². The molecule has 1 heterocycles. The summed E-state index contributed by atoms with van der Waals surface area (Å²) in [6.07, 6.45) is 5.10. The highest BCUT2D eigenvalue weighted by Gasteiger charge is 2.38. The first kappa shape index (κ1) is 9.52. The first-order chi connectivity index (χ1) is 5.71. The number of nitrogens with two attached hydrogens (primary N) is 1. The van der Waals surface area contributed by atoms with Gasteiger partial charge in [-0.15, -0.1) is 0 Å². The standard InChI is InChI=1S/C9H18N2O/c1-2-3-5-9(8(10)12)6-4-7-11-9/h11H,2-7H2,1H3,(H2,10,12)/t9-/m0/s1. The van der Waals surface area contributed by atoms with E-state index in [1.165, 1.54) is 0 Å². The summed E-state index contributed by atoms with van der Waals surface area (Å²) >= 11 is 0. The van der Waals surface area contributed by atoms with Crippen molar-refractivity contribution < 1.29 is 4.79 Å². The molecule has 1 aliphatic heterocycles. The molecule has 0 aromatic rings. The van der Waals surface area contributed by atoms with Gasteiger partial charge in [-0.1, -0.05) is 19.8 Å². The predicted molar refractivity (Wildman–Crippen MR) is 48.7 cm³/mol. The molecule has 0 unspecified atom stereocenters. The van der Waals surface area contributed by atoms with E-state index in [1.54, 1.807) is 0 Å². The lowest BCUT2D eigenvalue weighted by Gasteiger charge is -2.25. The summed E-state index contributed by atoms with van der Waals surface area (Å²) in [5, 5.41) is 3.23.